The number of carbonyl (C=O) groups excluding carboxylic acids is 1. The van der Waals surface area contributed by atoms with Crippen molar-refractivity contribution in [3.05, 3.63) is 100 Å². The van der Waals surface area contributed by atoms with Crippen LogP contribution in [0.4, 0.5) is 17.6 Å². The average Bonchev–Trinajstić information content (AvgIpc) is 2.94. The molecular weight excluding hydrogens is 580 g/mol. The van der Waals surface area contributed by atoms with Gasteiger partial charge in [-0.25, -0.2) is 14.4 Å². The minimum Gasteiger partial charge on any atom is -0.306 e. The molecule has 0 aliphatic rings. The van der Waals surface area contributed by atoms with Gasteiger partial charge >= 0.3 is 6.18 Å². The predicted octanol–water partition coefficient (Wildman–Crippen LogP) is 7.52. The number of aromatic nitrogens is 3. The largest absolute Gasteiger partial charge is 0.418 e. The van der Waals surface area contributed by atoms with Crippen molar-refractivity contribution in [2.45, 2.75) is 64.4 Å². The molecule has 0 amide bonds. The molecule has 0 aliphatic carbocycles. The number of aryl methyl sites for hydroxylation is 1. The van der Waals surface area contributed by atoms with E-state index in [-0.39, 0.29) is 24.2 Å². The van der Waals surface area contributed by atoms with Gasteiger partial charge in [0.25, 0.3) is 5.56 Å². The van der Waals surface area contributed by atoms with Crippen molar-refractivity contribution in [3.63, 3.8) is 0 Å². The molecule has 0 saturated heterocycles. The Kier molecular flexibility index (Phi) is 11.3. The number of pyridine rings is 1. The summed E-state index contributed by atoms with van der Waals surface area (Å²) in [5, 5.41) is 3.85. The predicted molar refractivity (Wildman–Crippen MR) is 165 cm³/mol. The third kappa shape index (κ3) is 8.96. The van der Waals surface area contributed by atoms with E-state index in [0.29, 0.717) is 40.7 Å². The van der Waals surface area contributed by atoms with E-state index in [0.717, 1.165) is 11.3 Å². The van der Waals surface area contributed by atoms with Gasteiger partial charge in [0.2, 0.25) is 0 Å². The first-order chi connectivity index (χ1) is 20.1. The van der Waals surface area contributed by atoms with Gasteiger partial charge in [0.05, 0.1) is 22.7 Å². The maximum absolute atomic E-state index is 13.8. The van der Waals surface area contributed by atoms with Crippen molar-refractivity contribution < 1.29 is 22.4 Å². The number of rotatable bonds is 13. The van der Waals surface area contributed by atoms with E-state index in [1.165, 1.54) is 6.08 Å². The van der Waals surface area contributed by atoms with Crippen molar-refractivity contribution in [2.75, 3.05) is 12.3 Å². The smallest absolute Gasteiger partial charge is 0.306 e. The Balaban J connectivity index is 1.81. The van der Waals surface area contributed by atoms with Crippen molar-refractivity contribution in [1.82, 2.24) is 19.9 Å². The zero-order chi connectivity index (χ0) is 31.9. The Morgan fingerprint density at radius 1 is 1.19 bits per heavy atom. The molecule has 1 aromatic carbocycles. The number of nitrogens with one attached hydrogen (secondary N) is 1. The molecule has 6 nitrogen and oxygen atoms in total. The number of alkyl halides is 3. The Bertz CT molecular complexity index is 1600. The maximum Gasteiger partial charge on any atom is 0.418 e. The SMILES string of the molecule is C=C(/C(F)=C\C=C(/C)CC(=O)CC(C)(CNC(C)c1nc2ncccc2c(=O)n1-c1ccc(C)cc1)SCC)C(F)(F)F. The monoisotopic (exact) mass is 616 g/mol. The molecule has 0 spiro atoms. The van der Waals surface area contributed by atoms with Gasteiger partial charge in [0.15, 0.2) is 5.65 Å². The van der Waals surface area contributed by atoms with Crippen LogP contribution in [0.5, 0.6) is 0 Å². The van der Waals surface area contributed by atoms with Crippen LogP contribution in [0.15, 0.2) is 83.1 Å². The Morgan fingerprint density at radius 2 is 1.86 bits per heavy atom. The summed E-state index contributed by atoms with van der Waals surface area (Å²) in [7, 11) is 0. The second kappa shape index (κ2) is 14.3. The lowest BCUT2D eigenvalue weighted by molar-refractivity contribution is -0.118. The molecule has 0 bridgehead atoms. The minimum atomic E-state index is -4.87. The van der Waals surface area contributed by atoms with E-state index in [9.17, 15) is 27.2 Å². The van der Waals surface area contributed by atoms with E-state index in [1.54, 1.807) is 41.6 Å². The van der Waals surface area contributed by atoms with Gasteiger partial charge in [-0.2, -0.15) is 24.9 Å². The summed E-state index contributed by atoms with van der Waals surface area (Å²) in [5.74, 6) is -0.428. The van der Waals surface area contributed by atoms with Gasteiger partial charge in [-0.15, -0.1) is 0 Å². The van der Waals surface area contributed by atoms with Crippen LogP contribution in [0.3, 0.4) is 0 Å². The van der Waals surface area contributed by atoms with Crippen molar-refractivity contribution >= 4 is 28.6 Å². The fourth-order valence-corrected chi connectivity index (χ4v) is 5.69. The third-order valence-electron chi connectivity index (χ3n) is 6.82. The lowest BCUT2D eigenvalue weighted by Gasteiger charge is -2.30. The first-order valence-corrected chi connectivity index (χ1v) is 14.8. The zero-order valence-corrected chi connectivity index (χ0v) is 25.7. The third-order valence-corrected chi connectivity index (χ3v) is 8.09. The molecule has 0 radical (unpaired) electrons. The molecule has 3 rings (SSSR count). The summed E-state index contributed by atoms with van der Waals surface area (Å²) in [6, 6.07) is 10.6. The number of thioether (sulfide) groups is 1. The van der Waals surface area contributed by atoms with Crippen LogP contribution in [-0.4, -0.2) is 43.5 Å². The van der Waals surface area contributed by atoms with E-state index in [2.05, 4.69) is 16.9 Å². The van der Waals surface area contributed by atoms with E-state index < -0.39 is 28.4 Å². The summed E-state index contributed by atoms with van der Waals surface area (Å²) in [6.45, 7) is 12.5. The molecule has 0 saturated carbocycles. The highest BCUT2D eigenvalue weighted by atomic mass is 32.2. The van der Waals surface area contributed by atoms with Gasteiger partial charge in [-0.1, -0.05) is 42.8 Å². The number of Topliss-reactive ketones (excluding diaryl/α,β-unsaturated/α-hetero) is 1. The highest BCUT2D eigenvalue weighted by molar-refractivity contribution is 8.00. The van der Waals surface area contributed by atoms with Gasteiger partial charge in [-0.05, 0) is 63.8 Å². The van der Waals surface area contributed by atoms with Crippen LogP contribution >= 0.6 is 11.8 Å². The summed E-state index contributed by atoms with van der Waals surface area (Å²) < 4.78 is 52.8. The molecule has 11 heteroatoms. The first kappa shape index (κ1) is 33.9. The number of hydrogen-bond acceptors (Lipinski definition) is 6. The Morgan fingerprint density at radius 3 is 2.49 bits per heavy atom. The summed E-state index contributed by atoms with van der Waals surface area (Å²) in [5.41, 5.74) is 0.680. The molecule has 0 aliphatic heterocycles. The zero-order valence-electron chi connectivity index (χ0n) is 24.9. The van der Waals surface area contributed by atoms with Gasteiger partial charge < -0.3 is 5.32 Å². The molecular formula is C32H36F4N4O2S. The molecule has 2 heterocycles. The molecule has 43 heavy (non-hydrogen) atoms. The van der Waals surface area contributed by atoms with Gasteiger partial charge in [0.1, 0.15) is 17.4 Å². The standard InChI is InChI=1S/C32H36F4N4O2S/c1-7-43-31(6,18-25(41)17-21(3)12-15-27(33)22(4)32(34,35)36)19-38-23(5)29-39-28-26(9-8-16-37-28)30(42)40(29)24-13-10-20(2)11-14-24/h8-16,23,38H,4,7,17-19H2,1-3,5-6H3/b21-12+,27-15+. The molecule has 1 N–H and O–H groups in total. The van der Waals surface area contributed by atoms with Crippen LogP contribution in [-0.2, 0) is 4.79 Å². The van der Waals surface area contributed by atoms with Crippen molar-refractivity contribution in [1.29, 1.82) is 0 Å². The highest BCUT2D eigenvalue weighted by Crippen LogP contribution is 2.32. The molecule has 0 fully saturated rings. The van der Waals surface area contributed by atoms with Crippen LogP contribution in [0, 0.1) is 6.92 Å². The Labute approximate surface area is 253 Å². The molecule has 230 valence electrons. The summed E-state index contributed by atoms with van der Waals surface area (Å²) >= 11 is 1.59. The second-order valence-electron chi connectivity index (χ2n) is 10.7. The summed E-state index contributed by atoms with van der Waals surface area (Å²) in [4.78, 5) is 35.6. The second-order valence-corrected chi connectivity index (χ2v) is 12.6. The molecule has 2 aromatic heterocycles. The van der Waals surface area contributed by atoms with Crippen molar-refractivity contribution in [3.8, 4) is 5.69 Å². The quantitative estimate of drug-likeness (QED) is 0.158. The number of benzene rings is 1. The van der Waals surface area contributed by atoms with Crippen LogP contribution in [0.25, 0.3) is 16.7 Å². The molecule has 2 atom stereocenters. The number of halogens is 4. The lowest BCUT2D eigenvalue weighted by atomic mass is 9.98. The van der Waals surface area contributed by atoms with E-state index in [1.807, 2.05) is 52.0 Å². The normalized spacial score (nSPS) is 14.9. The summed E-state index contributed by atoms with van der Waals surface area (Å²) in [6.07, 6.45) is -1.31. The fourth-order valence-electron chi connectivity index (χ4n) is 4.54. The first-order valence-electron chi connectivity index (χ1n) is 13.8. The Hall–Kier alpha value is -3.57. The van der Waals surface area contributed by atoms with E-state index in [4.69, 9.17) is 4.98 Å². The number of allylic oxidation sites excluding steroid dienone is 5. The van der Waals surface area contributed by atoms with Crippen LogP contribution in [0.2, 0.25) is 0 Å². The molecule has 3 aromatic rings. The lowest BCUT2D eigenvalue weighted by Crippen LogP contribution is -2.40. The van der Waals surface area contributed by atoms with Crippen molar-refractivity contribution in [2.24, 2.45) is 0 Å². The number of ketones is 1. The van der Waals surface area contributed by atoms with E-state index >= 15 is 0 Å². The average molecular weight is 617 g/mol. The maximum atomic E-state index is 13.8. The minimum absolute atomic E-state index is 0.0391. The van der Waals surface area contributed by atoms with Crippen LogP contribution < -0.4 is 10.9 Å². The fraction of sp³-hybridized carbons (Fsp3) is 0.375. The van der Waals surface area contributed by atoms with Gasteiger partial charge in [-0.3, -0.25) is 14.2 Å². The highest BCUT2D eigenvalue weighted by Gasteiger charge is 2.34. The number of carbonyl (C=O) groups is 1. The van der Waals surface area contributed by atoms with Gasteiger partial charge in [0, 0.05) is 30.3 Å². The number of nitrogens with zero attached hydrogens (tertiary/aromatic N) is 3. The molecule has 2 unspecified atom stereocenters. The topological polar surface area (TPSA) is 76.9 Å². The number of hydrogen-bond donors (Lipinski definition) is 1. The van der Waals surface area contributed by atoms with Crippen LogP contribution in [0.1, 0.15) is 58.0 Å². The number of fused-ring (bicyclic) bond motifs is 1.